The predicted octanol–water partition coefficient (Wildman–Crippen LogP) is 1.33. The van der Waals surface area contributed by atoms with Crippen LogP contribution in [0.1, 0.15) is 44.9 Å². The first-order chi connectivity index (χ1) is 8.21. The van der Waals surface area contributed by atoms with Crippen LogP contribution in [0.2, 0.25) is 0 Å². The second-order valence-electron chi connectivity index (χ2n) is 5.16. The van der Waals surface area contributed by atoms with Gasteiger partial charge < -0.3 is 5.32 Å². The van der Waals surface area contributed by atoms with Gasteiger partial charge in [0.2, 0.25) is 10.0 Å². The first kappa shape index (κ1) is 13.3. The molecule has 0 aliphatic carbocycles. The molecule has 0 unspecified atom stereocenters. The van der Waals surface area contributed by atoms with Crippen molar-refractivity contribution in [2.75, 3.05) is 26.2 Å². The molecule has 4 nitrogen and oxygen atoms in total. The van der Waals surface area contributed by atoms with Crippen molar-refractivity contribution in [3.05, 3.63) is 0 Å². The molecule has 1 N–H and O–H groups in total. The minimum Gasteiger partial charge on any atom is -0.317 e. The standard InChI is InChI=1S/C12H24N2O2S/c15-17(16,12-6-8-13-9-7-12)14-10-4-2-1-3-5-11-14/h12-13H,1-11H2. The van der Waals surface area contributed by atoms with Crippen LogP contribution in [0.4, 0.5) is 0 Å². The molecular formula is C12H24N2O2S. The van der Waals surface area contributed by atoms with Crippen LogP contribution in [0.3, 0.4) is 0 Å². The van der Waals surface area contributed by atoms with Crippen LogP contribution >= 0.6 is 0 Å². The number of piperidine rings is 1. The Balaban J connectivity index is 2.01. The van der Waals surface area contributed by atoms with E-state index in [0.29, 0.717) is 0 Å². The maximum absolute atomic E-state index is 12.5. The summed E-state index contributed by atoms with van der Waals surface area (Å²) in [5, 5.41) is 3.09. The Labute approximate surface area is 105 Å². The third kappa shape index (κ3) is 3.42. The molecule has 0 spiro atoms. The Bertz CT molecular complexity index is 315. The van der Waals surface area contributed by atoms with Crippen LogP contribution in [-0.2, 0) is 10.0 Å². The normalized spacial score (nSPS) is 26.4. The molecule has 0 atom stereocenters. The number of hydrogen-bond acceptors (Lipinski definition) is 3. The minimum absolute atomic E-state index is 0.136. The summed E-state index contributed by atoms with van der Waals surface area (Å²) in [7, 11) is -3.03. The van der Waals surface area contributed by atoms with E-state index in [1.54, 1.807) is 4.31 Å². The Morgan fingerprint density at radius 2 is 1.41 bits per heavy atom. The summed E-state index contributed by atoms with van der Waals surface area (Å²) in [6.45, 7) is 3.17. The Hall–Kier alpha value is -0.130. The Kier molecular flexibility index (Phi) is 4.82. The lowest BCUT2D eigenvalue weighted by Gasteiger charge is -2.30. The van der Waals surface area contributed by atoms with Gasteiger partial charge >= 0.3 is 0 Å². The van der Waals surface area contributed by atoms with Crippen molar-refractivity contribution in [2.45, 2.75) is 50.2 Å². The van der Waals surface area contributed by atoms with Crippen LogP contribution in [0.25, 0.3) is 0 Å². The number of nitrogens with one attached hydrogen (secondary N) is 1. The van der Waals surface area contributed by atoms with Gasteiger partial charge in [-0.15, -0.1) is 0 Å². The molecule has 2 aliphatic rings. The molecule has 0 aromatic carbocycles. The van der Waals surface area contributed by atoms with Gasteiger partial charge in [0.25, 0.3) is 0 Å². The van der Waals surface area contributed by atoms with Gasteiger partial charge in [0.05, 0.1) is 5.25 Å². The topological polar surface area (TPSA) is 49.4 Å². The largest absolute Gasteiger partial charge is 0.317 e. The molecule has 2 heterocycles. The molecule has 0 radical (unpaired) electrons. The van der Waals surface area contributed by atoms with E-state index in [2.05, 4.69) is 5.32 Å². The molecule has 17 heavy (non-hydrogen) atoms. The predicted molar refractivity (Wildman–Crippen MR) is 69.5 cm³/mol. The van der Waals surface area contributed by atoms with Gasteiger partial charge in [0, 0.05) is 13.1 Å². The fourth-order valence-corrected chi connectivity index (χ4v) is 4.80. The van der Waals surface area contributed by atoms with Crippen molar-refractivity contribution in [1.29, 1.82) is 0 Å². The zero-order chi connectivity index (χ0) is 12.1. The summed E-state index contributed by atoms with van der Waals surface area (Å²) in [5.41, 5.74) is 0. The summed E-state index contributed by atoms with van der Waals surface area (Å²) in [5.74, 6) is 0. The second kappa shape index (κ2) is 6.16. The zero-order valence-electron chi connectivity index (χ0n) is 10.5. The smallest absolute Gasteiger partial charge is 0.217 e. The third-order valence-electron chi connectivity index (χ3n) is 3.88. The molecule has 2 fully saturated rings. The lowest BCUT2D eigenvalue weighted by molar-refractivity contribution is 0.352. The molecule has 2 saturated heterocycles. The molecule has 0 bridgehead atoms. The highest BCUT2D eigenvalue weighted by Gasteiger charge is 2.32. The SMILES string of the molecule is O=S(=O)(C1CCNCC1)N1CCCCCCC1. The van der Waals surface area contributed by atoms with Crippen LogP contribution in [-0.4, -0.2) is 44.2 Å². The highest BCUT2D eigenvalue weighted by atomic mass is 32.2. The Morgan fingerprint density at radius 1 is 0.882 bits per heavy atom. The molecule has 2 aliphatic heterocycles. The molecule has 0 aromatic heterocycles. The number of nitrogens with zero attached hydrogens (tertiary/aromatic N) is 1. The van der Waals surface area contributed by atoms with E-state index >= 15 is 0 Å². The van der Waals surface area contributed by atoms with Gasteiger partial charge in [0.15, 0.2) is 0 Å². The lowest BCUT2D eigenvalue weighted by atomic mass is 10.1. The van der Waals surface area contributed by atoms with E-state index in [4.69, 9.17) is 0 Å². The van der Waals surface area contributed by atoms with Gasteiger partial charge in [0.1, 0.15) is 0 Å². The molecule has 5 heteroatoms. The number of rotatable bonds is 2. The third-order valence-corrected chi connectivity index (χ3v) is 6.28. The Morgan fingerprint density at radius 3 is 2.00 bits per heavy atom. The molecule has 2 rings (SSSR count). The van der Waals surface area contributed by atoms with E-state index in [9.17, 15) is 8.42 Å². The van der Waals surface area contributed by atoms with Crippen molar-refractivity contribution < 1.29 is 8.42 Å². The highest BCUT2D eigenvalue weighted by Crippen LogP contribution is 2.21. The van der Waals surface area contributed by atoms with Gasteiger partial charge in [-0.1, -0.05) is 19.3 Å². The first-order valence-electron chi connectivity index (χ1n) is 6.91. The summed E-state index contributed by atoms with van der Waals surface area (Å²) >= 11 is 0. The van der Waals surface area contributed by atoms with Crippen molar-refractivity contribution in [2.24, 2.45) is 0 Å². The van der Waals surface area contributed by atoms with E-state index in [1.807, 2.05) is 0 Å². The van der Waals surface area contributed by atoms with E-state index in [-0.39, 0.29) is 5.25 Å². The fourth-order valence-electron chi connectivity index (χ4n) is 2.78. The molecule has 0 amide bonds. The number of sulfonamides is 1. The summed E-state index contributed by atoms with van der Waals surface area (Å²) in [6, 6.07) is 0. The molecule has 0 aromatic rings. The summed E-state index contributed by atoms with van der Waals surface area (Å²) in [6.07, 6.45) is 7.24. The fraction of sp³-hybridized carbons (Fsp3) is 1.00. The maximum Gasteiger partial charge on any atom is 0.217 e. The van der Waals surface area contributed by atoms with Crippen LogP contribution in [0.5, 0.6) is 0 Å². The molecule has 0 saturated carbocycles. The van der Waals surface area contributed by atoms with Crippen molar-refractivity contribution >= 4 is 10.0 Å². The van der Waals surface area contributed by atoms with Crippen LogP contribution in [0, 0.1) is 0 Å². The average molecular weight is 260 g/mol. The van der Waals surface area contributed by atoms with Gasteiger partial charge in [-0.3, -0.25) is 0 Å². The second-order valence-corrected chi connectivity index (χ2v) is 7.37. The summed E-state index contributed by atoms with van der Waals surface area (Å²) in [4.78, 5) is 0. The van der Waals surface area contributed by atoms with Crippen molar-refractivity contribution in [3.8, 4) is 0 Å². The molecule has 100 valence electrons. The van der Waals surface area contributed by atoms with Crippen molar-refractivity contribution in [3.63, 3.8) is 0 Å². The summed E-state index contributed by atoms with van der Waals surface area (Å²) < 4.78 is 26.8. The van der Waals surface area contributed by atoms with Crippen LogP contribution in [0.15, 0.2) is 0 Å². The molecular weight excluding hydrogens is 236 g/mol. The van der Waals surface area contributed by atoms with E-state index in [0.717, 1.165) is 51.9 Å². The van der Waals surface area contributed by atoms with E-state index in [1.165, 1.54) is 19.3 Å². The lowest BCUT2D eigenvalue weighted by Crippen LogP contribution is -2.44. The van der Waals surface area contributed by atoms with Crippen LogP contribution < -0.4 is 5.32 Å². The maximum atomic E-state index is 12.5. The first-order valence-corrected chi connectivity index (χ1v) is 8.41. The quantitative estimate of drug-likeness (QED) is 0.815. The monoisotopic (exact) mass is 260 g/mol. The number of hydrogen-bond donors (Lipinski definition) is 1. The van der Waals surface area contributed by atoms with Gasteiger partial charge in [-0.05, 0) is 38.8 Å². The zero-order valence-corrected chi connectivity index (χ0v) is 11.3. The van der Waals surface area contributed by atoms with Gasteiger partial charge in [-0.25, -0.2) is 12.7 Å². The van der Waals surface area contributed by atoms with E-state index < -0.39 is 10.0 Å². The van der Waals surface area contributed by atoms with Crippen molar-refractivity contribution in [1.82, 2.24) is 9.62 Å². The van der Waals surface area contributed by atoms with Gasteiger partial charge in [-0.2, -0.15) is 0 Å². The average Bonchev–Trinajstić information content (AvgIpc) is 2.29. The minimum atomic E-state index is -3.03. The highest BCUT2D eigenvalue weighted by molar-refractivity contribution is 7.89.